The van der Waals surface area contributed by atoms with Gasteiger partial charge in [0.1, 0.15) is 11.6 Å². The zero-order chi connectivity index (χ0) is 24.1. The molecular formula is C26H29FN4O3. The van der Waals surface area contributed by atoms with E-state index in [2.05, 4.69) is 24.1 Å². The van der Waals surface area contributed by atoms with Gasteiger partial charge < -0.3 is 19.5 Å². The molecule has 1 saturated heterocycles. The van der Waals surface area contributed by atoms with Crippen LogP contribution < -0.4 is 10.1 Å². The summed E-state index contributed by atoms with van der Waals surface area (Å²) in [6.07, 6.45) is 7.94. The summed E-state index contributed by atoms with van der Waals surface area (Å²) >= 11 is 0. The van der Waals surface area contributed by atoms with Crippen molar-refractivity contribution in [2.45, 2.75) is 51.7 Å². The normalized spacial score (nSPS) is 17.9. The maximum Gasteiger partial charge on any atom is 0.260 e. The van der Waals surface area contributed by atoms with E-state index in [0.29, 0.717) is 22.6 Å². The van der Waals surface area contributed by atoms with E-state index in [-0.39, 0.29) is 37.0 Å². The predicted molar refractivity (Wildman–Crippen MR) is 126 cm³/mol. The lowest BCUT2D eigenvalue weighted by Gasteiger charge is -2.38. The molecule has 7 nitrogen and oxygen atoms in total. The van der Waals surface area contributed by atoms with Crippen LogP contribution in [0, 0.1) is 5.82 Å². The second-order valence-corrected chi connectivity index (χ2v) is 8.68. The Morgan fingerprint density at radius 3 is 2.50 bits per heavy atom. The van der Waals surface area contributed by atoms with Crippen molar-refractivity contribution < 1.29 is 18.7 Å². The average Bonchev–Trinajstić information content (AvgIpc) is 3.36. The molecule has 1 aliphatic heterocycles. The van der Waals surface area contributed by atoms with Crippen LogP contribution in [0.3, 0.4) is 0 Å². The largest absolute Gasteiger partial charge is 0.484 e. The Labute approximate surface area is 198 Å². The minimum Gasteiger partial charge on any atom is -0.484 e. The van der Waals surface area contributed by atoms with Gasteiger partial charge in [-0.2, -0.15) is 0 Å². The Bertz CT molecular complexity index is 1120. The molecule has 0 bridgehead atoms. The summed E-state index contributed by atoms with van der Waals surface area (Å²) in [7, 11) is 0. The number of halogens is 1. The van der Waals surface area contributed by atoms with Gasteiger partial charge in [0.25, 0.3) is 11.8 Å². The summed E-state index contributed by atoms with van der Waals surface area (Å²) < 4.78 is 21.6. The molecule has 4 rings (SSSR count). The molecule has 1 fully saturated rings. The summed E-state index contributed by atoms with van der Waals surface area (Å²) in [4.78, 5) is 30.9. The van der Waals surface area contributed by atoms with Crippen molar-refractivity contribution in [1.29, 1.82) is 0 Å². The first kappa shape index (κ1) is 23.5. The number of hydrogen-bond donors (Lipinski definition) is 1. The van der Waals surface area contributed by atoms with Gasteiger partial charge in [0.2, 0.25) is 0 Å². The molecule has 2 aromatic carbocycles. The van der Waals surface area contributed by atoms with Crippen molar-refractivity contribution in [2.24, 2.45) is 0 Å². The smallest absolute Gasteiger partial charge is 0.260 e. The fourth-order valence-electron chi connectivity index (χ4n) is 4.39. The quantitative estimate of drug-likeness (QED) is 0.571. The van der Waals surface area contributed by atoms with Crippen molar-refractivity contribution in [2.75, 3.05) is 6.61 Å². The van der Waals surface area contributed by atoms with Gasteiger partial charge in [0.15, 0.2) is 6.61 Å². The molecule has 2 atom stereocenters. The molecule has 8 heteroatoms. The third-order valence-corrected chi connectivity index (χ3v) is 6.21. The van der Waals surface area contributed by atoms with Crippen molar-refractivity contribution in [3.63, 3.8) is 0 Å². The highest BCUT2D eigenvalue weighted by atomic mass is 19.1. The van der Waals surface area contributed by atoms with Gasteiger partial charge in [-0.15, -0.1) is 0 Å². The molecule has 0 radical (unpaired) electrons. The van der Waals surface area contributed by atoms with Crippen LogP contribution in [0.5, 0.6) is 5.75 Å². The lowest BCUT2D eigenvalue weighted by molar-refractivity contribution is -0.139. The molecule has 0 aliphatic carbocycles. The first-order valence-electron chi connectivity index (χ1n) is 11.5. The lowest BCUT2D eigenvalue weighted by Crippen LogP contribution is -2.49. The van der Waals surface area contributed by atoms with E-state index in [9.17, 15) is 14.0 Å². The maximum absolute atomic E-state index is 14.4. The summed E-state index contributed by atoms with van der Waals surface area (Å²) in [5, 5.41) is 2.79. The number of piperidine rings is 1. The van der Waals surface area contributed by atoms with E-state index in [1.54, 1.807) is 53.4 Å². The Hall–Kier alpha value is -3.68. The van der Waals surface area contributed by atoms with Gasteiger partial charge in [-0.1, -0.05) is 6.07 Å². The predicted octanol–water partition coefficient (Wildman–Crippen LogP) is 4.11. The number of aromatic nitrogens is 2. The second kappa shape index (κ2) is 10.5. The van der Waals surface area contributed by atoms with Crippen molar-refractivity contribution in [3.05, 3.63) is 78.1 Å². The Balaban J connectivity index is 1.28. The number of hydrogen-bond acceptors (Lipinski definition) is 4. The highest BCUT2D eigenvalue weighted by molar-refractivity contribution is 5.94. The molecule has 0 saturated carbocycles. The SMILES string of the molecule is CC1CCCC(C)N1C(=O)COc1ccc(C(=O)NCc2ccc(-n3ccnc3)c(F)c2)cc1. The van der Waals surface area contributed by atoms with Crippen LogP contribution in [0.4, 0.5) is 4.39 Å². The Morgan fingerprint density at radius 1 is 1.12 bits per heavy atom. The van der Waals surface area contributed by atoms with E-state index < -0.39 is 5.82 Å². The van der Waals surface area contributed by atoms with Crippen LogP contribution in [-0.2, 0) is 11.3 Å². The van der Waals surface area contributed by atoms with E-state index >= 15 is 0 Å². The zero-order valence-corrected chi connectivity index (χ0v) is 19.4. The Morgan fingerprint density at radius 2 is 1.85 bits per heavy atom. The third kappa shape index (κ3) is 5.44. The van der Waals surface area contributed by atoms with Gasteiger partial charge in [-0.3, -0.25) is 9.59 Å². The highest BCUT2D eigenvalue weighted by Crippen LogP contribution is 2.23. The molecule has 1 aromatic heterocycles. The average molecular weight is 465 g/mol. The number of likely N-dealkylation sites (tertiary alicyclic amines) is 1. The first-order valence-corrected chi connectivity index (χ1v) is 11.5. The summed E-state index contributed by atoms with van der Waals surface area (Å²) in [6.45, 7) is 4.31. The summed E-state index contributed by atoms with van der Waals surface area (Å²) in [6, 6.07) is 11.9. The number of amides is 2. The number of ether oxygens (including phenoxy) is 1. The van der Waals surface area contributed by atoms with Gasteiger partial charge in [0.05, 0.1) is 12.0 Å². The number of rotatable bonds is 7. The second-order valence-electron chi connectivity index (χ2n) is 8.68. The van der Waals surface area contributed by atoms with Crippen molar-refractivity contribution in [3.8, 4) is 11.4 Å². The zero-order valence-electron chi connectivity index (χ0n) is 19.4. The molecule has 2 amide bonds. The third-order valence-electron chi connectivity index (χ3n) is 6.21. The Kier molecular flexibility index (Phi) is 7.25. The molecule has 34 heavy (non-hydrogen) atoms. The van der Waals surface area contributed by atoms with Crippen molar-refractivity contribution in [1.82, 2.24) is 19.8 Å². The number of nitrogens with one attached hydrogen (secondary N) is 1. The van der Waals surface area contributed by atoms with Crippen LogP contribution in [-0.4, -0.2) is 45.0 Å². The van der Waals surface area contributed by atoms with Gasteiger partial charge >= 0.3 is 0 Å². The number of benzene rings is 2. The first-order chi connectivity index (χ1) is 16.4. The fraction of sp³-hybridized carbons (Fsp3) is 0.346. The van der Waals surface area contributed by atoms with Crippen LogP contribution in [0.15, 0.2) is 61.2 Å². The molecule has 1 N–H and O–H groups in total. The summed E-state index contributed by atoms with van der Waals surface area (Å²) in [5.74, 6) is -0.168. The molecule has 2 heterocycles. The van der Waals surface area contributed by atoms with Crippen LogP contribution in [0.1, 0.15) is 49.0 Å². The summed E-state index contributed by atoms with van der Waals surface area (Å²) in [5.41, 5.74) is 1.49. The van der Waals surface area contributed by atoms with E-state index in [0.717, 1.165) is 19.3 Å². The van der Waals surface area contributed by atoms with E-state index in [4.69, 9.17) is 4.74 Å². The monoisotopic (exact) mass is 464 g/mol. The van der Waals surface area contributed by atoms with Crippen LogP contribution >= 0.6 is 0 Å². The van der Waals surface area contributed by atoms with E-state index in [1.165, 1.54) is 12.4 Å². The molecule has 3 aromatic rings. The standard InChI is InChI=1S/C26H29FN4O3/c1-18-4-3-5-19(2)31(18)25(32)16-34-22-9-7-21(8-10-22)26(33)29-15-20-6-11-24(23(27)14-20)30-13-12-28-17-30/h6-14,17-19H,3-5,15-16H2,1-2H3,(H,29,33). The number of carbonyl (C=O) groups is 2. The van der Waals surface area contributed by atoms with Gasteiger partial charge in [-0.05, 0) is 75.1 Å². The van der Waals surface area contributed by atoms with Crippen LogP contribution in [0.25, 0.3) is 5.69 Å². The number of carbonyl (C=O) groups excluding carboxylic acids is 2. The van der Waals surface area contributed by atoms with Crippen LogP contribution in [0.2, 0.25) is 0 Å². The molecular weight excluding hydrogens is 435 g/mol. The molecule has 178 valence electrons. The van der Waals surface area contributed by atoms with Crippen molar-refractivity contribution >= 4 is 11.8 Å². The fourth-order valence-corrected chi connectivity index (χ4v) is 4.39. The van der Waals surface area contributed by atoms with Gasteiger partial charge in [-0.25, -0.2) is 9.37 Å². The molecule has 0 spiro atoms. The number of nitrogens with zero attached hydrogens (tertiary/aromatic N) is 3. The topological polar surface area (TPSA) is 76.5 Å². The molecule has 1 aliphatic rings. The lowest BCUT2D eigenvalue weighted by atomic mass is 9.97. The minimum atomic E-state index is -0.394. The van der Waals surface area contributed by atoms with Gasteiger partial charge in [0, 0.05) is 36.6 Å². The number of imidazole rings is 1. The maximum atomic E-state index is 14.4. The molecule has 2 unspecified atom stereocenters. The van der Waals surface area contributed by atoms with E-state index in [1.807, 2.05) is 4.90 Å². The minimum absolute atomic E-state index is 0.0205. The highest BCUT2D eigenvalue weighted by Gasteiger charge is 2.29.